The number of fused-ring (bicyclic) bond motifs is 1. The molecule has 5 atom stereocenters. The number of rotatable bonds is 2. The van der Waals surface area contributed by atoms with E-state index in [0.717, 1.165) is 17.0 Å². The molecule has 136 valence electrons. The number of carbonyl (C=O) groups excluding carboxylic acids is 1. The lowest BCUT2D eigenvalue weighted by atomic mass is 9.60. The van der Waals surface area contributed by atoms with Crippen molar-refractivity contribution < 1.29 is 4.79 Å². The van der Waals surface area contributed by atoms with Gasteiger partial charge in [-0.2, -0.15) is 0 Å². The number of hydrogen-bond acceptors (Lipinski definition) is 1. The fourth-order valence-corrected chi connectivity index (χ4v) is 5.64. The van der Waals surface area contributed by atoms with Crippen LogP contribution in [0.15, 0.2) is 42.5 Å². The van der Waals surface area contributed by atoms with Crippen LogP contribution in [0.3, 0.4) is 0 Å². The Kier molecular flexibility index (Phi) is 4.94. The second-order valence-corrected chi connectivity index (χ2v) is 8.78. The zero-order chi connectivity index (χ0) is 18.4. The summed E-state index contributed by atoms with van der Waals surface area (Å²) >= 11 is 18.8. The molecule has 26 heavy (non-hydrogen) atoms. The van der Waals surface area contributed by atoms with Crippen LogP contribution >= 0.6 is 34.8 Å². The number of nitrogens with one attached hydrogen (secondary N) is 1. The smallest absolute Gasteiger partial charge is 0.223 e. The summed E-state index contributed by atoms with van der Waals surface area (Å²) in [4.78, 5) is 12.4. The molecular formula is C21H20Cl3NO. The quantitative estimate of drug-likeness (QED) is 0.657. The van der Waals surface area contributed by atoms with Gasteiger partial charge in [0.1, 0.15) is 0 Å². The minimum Gasteiger partial charge on any atom is -0.356 e. The average Bonchev–Trinajstić information content (AvgIpc) is 2.98. The van der Waals surface area contributed by atoms with E-state index in [-0.39, 0.29) is 29.6 Å². The van der Waals surface area contributed by atoms with Gasteiger partial charge in [0.25, 0.3) is 0 Å². The highest BCUT2D eigenvalue weighted by molar-refractivity contribution is 6.35. The number of halogens is 3. The Morgan fingerprint density at radius 1 is 0.962 bits per heavy atom. The van der Waals surface area contributed by atoms with Gasteiger partial charge in [0.15, 0.2) is 0 Å². The summed E-state index contributed by atoms with van der Waals surface area (Å²) in [6, 6.07) is 13.8. The molecule has 5 heteroatoms. The van der Waals surface area contributed by atoms with Crippen molar-refractivity contribution in [1.82, 2.24) is 5.32 Å². The molecule has 1 saturated heterocycles. The molecule has 4 rings (SSSR count). The standard InChI is InChI=1S/C21H20Cl3NO/c1-11-8-16(15-7-6-14(23)9-18(15)24)20(12-2-4-13(22)5-3-12)17-10-25-21(26)19(11)17/h2-7,9,11,16-17,19-20H,8,10H2,1H3,(H,25,26)/t11-,16-,17+,19+,20-/m0/s1. The second-order valence-electron chi connectivity index (χ2n) is 7.50. The molecule has 0 aromatic heterocycles. The van der Waals surface area contributed by atoms with Crippen LogP contribution < -0.4 is 5.32 Å². The Labute approximate surface area is 168 Å². The molecule has 2 nitrogen and oxygen atoms in total. The van der Waals surface area contributed by atoms with Gasteiger partial charge in [-0.15, -0.1) is 0 Å². The van der Waals surface area contributed by atoms with E-state index in [1.807, 2.05) is 30.3 Å². The Hall–Kier alpha value is -1.22. The molecular weight excluding hydrogens is 389 g/mol. The Balaban J connectivity index is 1.82. The molecule has 1 amide bonds. The summed E-state index contributed by atoms with van der Waals surface area (Å²) in [6.07, 6.45) is 0.920. The summed E-state index contributed by atoms with van der Waals surface area (Å²) in [6.45, 7) is 2.89. The van der Waals surface area contributed by atoms with Crippen LogP contribution in [0, 0.1) is 17.8 Å². The van der Waals surface area contributed by atoms with Crippen LogP contribution in [0.25, 0.3) is 0 Å². The molecule has 1 saturated carbocycles. The van der Waals surface area contributed by atoms with Crippen molar-refractivity contribution in [2.45, 2.75) is 25.2 Å². The van der Waals surface area contributed by atoms with Gasteiger partial charge in [0, 0.05) is 27.5 Å². The van der Waals surface area contributed by atoms with Crippen molar-refractivity contribution in [3.05, 3.63) is 68.7 Å². The van der Waals surface area contributed by atoms with Crippen molar-refractivity contribution in [3.8, 4) is 0 Å². The topological polar surface area (TPSA) is 29.1 Å². The minimum atomic E-state index is 0.0537. The van der Waals surface area contributed by atoms with Crippen LogP contribution in [0.5, 0.6) is 0 Å². The van der Waals surface area contributed by atoms with Crippen LogP contribution in [-0.2, 0) is 4.79 Å². The van der Waals surface area contributed by atoms with Gasteiger partial charge in [-0.05, 0) is 65.5 Å². The van der Waals surface area contributed by atoms with E-state index in [0.29, 0.717) is 22.5 Å². The number of hydrogen-bond donors (Lipinski definition) is 1. The third kappa shape index (κ3) is 3.13. The first-order valence-electron chi connectivity index (χ1n) is 8.94. The Morgan fingerprint density at radius 3 is 2.35 bits per heavy atom. The van der Waals surface area contributed by atoms with Gasteiger partial charge < -0.3 is 5.32 Å². The molecule has 2 aliphatic rings. The summed E-state index contributed by atoms with van der Waals surface area (Å²) in [5.41, 5.74) is 2.32. The molecule has 0 spiro atoms. The maximum Gasteiger partial charge on any atom is 0.223 e. The lowest BCUT2D eigenvalue weighted by molar-refractivity contribution is -0.125. The highest BCUT2D eigenvalue weighted by atomic mass is 35.5. The van der Waals surface area contributed by atoms with Gasteiger partial charge in [-0.25, -0.2) is 0 Å². The van der Waals surface area contributed by atoms with Crippen LogP contribution in [0.4, 0.5) is 0 Å². The second kappa shape index (κ2) is 7.07. The first-order valence-corrected chi connectivity index (χ1v) is 10.1. The lowest BCUT2D eigenvalue weighted by Crippen LogP contribution is -2.37. The van der Waals surface area contributed by atoms with E-state index >= 15 is 0 Å². The maximum atomic E-state index is 12.4. The van der Waals surface area contributed by atoms with E-state index in [1.165, 1.54) is 5.56 Å². The van der Waals surface area contributed by atoms with E-state index in [4.69, 9.17) is 34.8 Å². The SMILES string of the molecule is C[C@H]1C[C@@H](c2ccc(Cl)cc2Cl)[C@H](c2ccc(Cl)cc2)[C@@H]2CNC(=O)[C@@H]21. The predicted molar refractivity (Wildman–Crippen MR) is 107 cm³/mol. The Morgan fingerprint density at radius 2 is 1.65 bits per heavy atom. The summed E-state index contributed by atoms with van der Waals surface area (Å²) in [7, 11) is 0. The van der Waals surface area contributed by atoms with Crippen molar-refractivity contribution in [2.75, 3.05) is 6.54 Å². The molecule has 2 aromatic rings. The van der Waals surface area contributed by atoms with E-state index in [2.05, 4.69) is 24.4 Å². The van der Waals surface area contributed by atoms with Gasteiger partial charge >= 0.3 is 0 Å². The highest BCUT2D eigenvalue weighted by Crippen LogP contribution is 2.54. The average molecular weight is 409 g/mol. The molecule has 0 radical (unpaired) electrons. The summed E-state index contributed by atoms with van der Waals surface area (Å²) in [5.74, 6) is 1.25. The van der Waals surface area contributed by atoms with Crippen molar-refractivity contribution in [2.24, 2.45) is 17.8 Å². The zero-order valence-corrected chi connectivity index (χ0v) is 16.7. The fraction of sp³-hybridized carbons (Fsp3) is 0.381. The maximum absolute atomic E-state index is 12.4. The van der Waals surface area contributed by atoms with Crippen LogP contribution in [0.1, 0.15) is 36.3 Å². The minimum absolute atomic E-state index is 0.0537. The number of benzene rings is 2. The molecule has 0 unspecified atom stereocenters. The fourth-order valence-electron chi connectivity index (χ4n) is 4.97. The first kappa shape index (κ1) is 18.2. The molecule has 2 fully saturated rings. The van der Waals surface area contributed by atoms with E-state index < -0.39 is 0 Å². The van der Waals surface area contributed by atoms with Gasteiger partial charge in [-0.1, -0.05) is 59.9 Å². The van der Waals surface area contributed by atoms with Crippen molar-refractivity contribution >= 4 is 40.7 Å². The van der Waals surface area contributed by atoms with E-state index in [9.17, 15) is 4.79 Å². The number of carbonyl (C=O) groups is 1. The summed E-state index contributed by atoms with van der Waals surface area (Å²) in [5, 5.41) is 5.14. The van der Waals surface area contributed by atoms with Crippen LogP contribution in [-0.4, -0.2) is 12.5 Å². The molecule has 1 aliphatic carbocycles. The monoisotopic (exact) mass is 407 g/mol. The van der Waals surface area contributed by atoms with Crippen molar-refractivity contribution in [1.29, 1.82) is 0 Å². The lowest BCUT2D eigenvalue weighted by Gasteiger charge is -2.43. The normalized spacial score (nSPS) is 30.8. The molecule has 1 N–H and O–H groups in total. The largest absolute Gasteiger partial charge is 0.356 e. The molecule has 1 heterocycles. The zero-order valence-electron chi connectivity index (χ0n) is 14.4. The first-order chi connectivity index (χ1) is 12.5. The Bertz CT molecular complexity index is 836. The number of amides is 1. The van der Waals surface area contributed by atoms with Gasteiger partial charge in [-0.3, -0.25) is 4.79 Å². The van der Waals surface area contributed by atoms with E-state index in [1.54, 1.807) is 0 Å². The molecule has 1 aliphatic heterocycles. The van der Waals surface area contributed by atoms with Crippen LogP contribution in [0.2, 0.25) is 15.1 Å². The highest BCUT2D eigenvalue weighted by Gasteiger charge is 2.50. The predicted octanol–water partition coefficient (Wildman–Crippen LogP) is 5.92. The third-order valence-corrected chi connectivity index (χ3v) is 6.84. The van der Waals surface area contributed by atoms with Crippen molar-refractivity contribution in [3.63, 3.8) is 0 Å². The summed E-state index contributed by atoms with van der Waals surface area (Å²) < 4.78 is 0. The van der Waals surface area contributed by atoms with Gasteiger partial charge in [0.2, 0.25) is 5.91 Å². The van der Waals surface area contributed by atoms with Gasteiger partial charge in [0.05, 0.1) is 0 Å². The molecule has 2 aromatic carbocycles. The molecule has 0 bridgehead atoms. The third-order valence-electron chi connectivity index (χ3n) is 6.03.